The van der Waals surface area contributed by atoms with Crippen LogP contribution in [0.1, 0.15) is 19.5 Å². The molecule has 1 rings (SSSR count). The van der Waals surface area contributed by atoms with Gasteiger partial charge in [0.2, 0.25) is 0 Å². The Morgan fingerprint density at radius 3 is 2.58 bits per heavy atom. The van der Waals surface area contributed by atoms with E-state index in [4.69, 9.17) is 10.7 Å². The normalized spacial score (nSPS) is 12.1. The third-order valence-corrected chi connectivity index (χ3v) is 2.15. The van der Waals surface area contributed by atoms with Crippen molar-refractivity contribution in [2.24, 2.45) is 12.9 Å². The number of nitrogens with zero attached hydrogens (tertiary/aromatic N) is 2. The summed E-state index contributed by atoms with van der Waals surface area (Å²) in [6.45, 7) is 3.77. The number of aryl methyl sites for hydroxylation is 1. The van der Waals surface area contributed by atoms with Crippen molar-refractivity contribution in [3.8, 4) is 0 Å². The highest BCUT2D eigenvalue weighted by Gasteiger charge is 2.24. The van der Waals surface area contributed by atoms with Gasteiger partial charge in [-0.25, -0.2) is 5.90 Å². The van der Waals surface area contributed by atoms with Gasteiger partial charge in [0.25, 0.3) is 0 Å². The van der Waals surface area contributed by atoms with Crippen molar-refractivity contribution in [1.82, 2.24) is 9.78 Å². The summed E-state index contributed by atoms with van der Waals surface area (Å²) < 4.78 is 2.52. The molecule has 4 nitrogen and oxygen atoms in total. The lowest BCUT2D eigenvalue weighted by Gasteiger charge is -2.21. The molecule has 0 atom stereocenters. The Bertz CT molecular complexity index is 282. The molecule has 0 aliphatic heterocycles. The van der Waals surface area contributed by atoms with Crippen LogP contribution in [0.25, 0.3) is 0 Å². The molecule has 0 saturated heterocycles. The first-order valence-electron chi connectivity index (χ1n) is 3.55. The minimum absolute atomic E-state index is 0.506. The van der Waals surface area contributed by atoms with E-state index in [9.17, 15) is 0 Å². The molecule has 0 saturated carbocycles. The second-order valence-electron chi connectivity index (χ2n) is 3.10. The molecule has 0 aliphatic rings. The Kier molecular flexibility index (Phi) is 2.55. The van der Waals surface area contributed by atoms with E-state index in [1.807, 2.05) is 27.0 Å². The molecule has 0 radical (unpaired) electrons. The van der Waals surface area contributed by atoms with E-state index in [0.717, 1.165) is 10.3 Å². The fourth-order valence-corrected chi connectivity index (χ4v) is 1.51. The predicted octanol–water partition coefficient (Wildman–Crippen LogP) is 1.31. The van der Waals surface area contributed by atoms with Gasteiger partial charge in [0.15, 0.2) is 0 Å². The molecule has 0 fully saturated rings. The smallest absolute Gasteiger partial charge is 0.128 e. The highest BCUT2D eigenvalue weighted by molar-refractivity contribution is 9.10. The minimum Gasteiger partial charge on any atom is -0.292 e. The molecule has 0 aromatic carbocycles. The molecular formula is C7H12BrN3O. The Morgan fingerprint density at radius 1 is 1.67 bits per heavy atom. The Labute approximate surface area is 79.8 Å². The molecule has 1 aromatic rings. The fraction of sp³-hybridized carbons (Fsp3) is 0.571. The molecule has 0 spiro atoms. The van der Waals surface area contributed by atoms with E-state index in [1.165, 1.54) is 0 Å². The number of nitrogens with two attached hydrogens (primary N) is 1. The van der Waals surface area contributed by atoms with Gasteiger partial charge in [-0.1, -0.05) is 0 Å². The van der Waals surface area contributed by atoms with Gasteiger partial charge in [-0.3, -0.25) is 9.52 Å². The number of hydrogen-bond donors (Lipinski definition) is 1. The van der Waals surface area contributed by atoms with Gasteiger partial charge in [-0.05, 0) is 35.8 Å². The summed E-state index contributed by atoms with van der Waals surface area (Å²) in [6.07, 6.45) is 0. The van der Waals surface area contributed by atoms with Crippen LogP contribution in [0.3, 0.4) is 0 Å². The fourth-order valence-electron chi connectivity index (χ4n) is 1.06. The van der Waals surface area contributed by atoms with Gasteiger partial charge in [-0.15, -0.1) is 0 Å². The molecule has 0 aliphatic carbocycles. The van der Waals surface area contributed by atoms with Crippen molar-refractivity contribution in [3.05, 3.63) is 16.4 Å². The number of halogens is 1. The third kappa shape index (κ3) is 1.68. The van der Waals surface area contributed by atoms with Crippen LogP contribution in [0.4, 0.5) is 0 Å². The maximum atomic E-state index is 5.16. The van der Waals surface area contributed by atoms with Crippen LogP contribution in [0.15, 0.2) is 10.7 Å². The Hall–Kier alpha value is -0.390. The first kappa shape index (κ1) is 9.70. The maximum Gasteiger partial charge on any atom is 0.128 e. The first-order valence-corrected chi connectivity index (χ1v) is 4.34. The largest absolute Gasteiger partial charge is 0.292 e. The highest BCUT2D eigenvalue weighted by Crippen LogP contribution is 2.24. The first-order chi connectivity index (χ1) is 5.47. The van der Waals surface area contributed by atoms with Crippen LogP contribution in [0.5, 0.6) is 0 Å². The molecule has 1 heterocycles. The second kappa shape index (κ2) is 3.16. The predicted molar refractivity (Wildman–Crippen MR) is 49.2 cm³/mol. The zero-order valence-corrected chi connectivity index (χ0v) is 8.92. The summed E-state index contributed by atoms with van der Waals surface area (Å²) in [7, 11) is 1.85. The number of aromatic nitrogens is 2. The molecule has 0 bridgehead atoms. The molecule has 5 heteroatoms. The third-order valence-electron chi connectivity index (χ3n) is 1.76. The van der Waals surface area contributed by atoms with Crippen molar-refractivity contribution in [1.29, 1.82) is 0 Å². The van der Waals surface area contributed by atoms with Gasteiger partial charge >= 0.3 is 0 Å². The van der Waals surface area contributed by atoms with E-state index >= 15 is 0 Å². The summed E-state index contributed by atoms with van der Waals surface area (Å²) in [5.41, 5.74) is 0.421. The number of rotatable bonds is 2. The standard InChI is InChI=1S/C7H12BrN3O/c1-7(2,12-9)5-4-6(8)10-11(5)3/h4H,9H2,1-3H3. The van der Waals surface area contributed by atoms with Gasteiger partial charge in [0, 0.05) is 7.05 Å². The van der Waals surface area contributed by atoms with Gasteiger partial charge in [-0.2, -0.15) is 5.10 Å². The van der Waals surface area contributed by atoms with Crippen LogP contribution < -0.4 is 5.90 Å². The Morgan fingerprint density at radius 2 is 2.25 bits per heavy atom. The van der Waals surface area contributed by atoms with E-state index < -0.39 is 5.60 Å². The lowest BCUT2D eigenvalue weighted by atomic mass is 10.1. The van der Waals surface area contributed by atoms with Crippen LogP contribution in [-0.2, 0) is 17.5 Å². The number of hydrogen-bond acceptors (Lipinski definition) is 3. The molecule has 2 N–H and O–H groups in total. The monoisotopic (exact) mass is 233 g/mol. The van der Waals surface area contributed by atoms with Crippen LogP contribution >= 0.6 is 15.9 Å². The lowest BCUT2D eigenvalue weighted by Crippen LogP contribution is -2.27. The summed E-state index contributed by atoms with van der Waals surface area (Å²) >= 11 is 3.28. The zero-order chi connectivity index (χ0) is 9.35. The topological polar surface area (TPSA) is 53.1 Å². The van der Waals surface area contributed by atoms with E-state index in [-0.39, 0.29) is 0 Å². The summed E-state index contributed by atoms with van der Waals surface area (Å²) in [6, 6.07) is 1.88. The Balaban J connectivity index is 3.09. The van der Waals surface area contributed by atoms with E-state index in [2.05, 4.69) is 21.0 Å². The SMILES string of the molecule is Cn1nc(Br)cc1C(C)(C)ON. The molecule has 0 amide bonds. The highest BCUT2D eigenvalue weighted by atomic mass is 79.9. The van der Waals surface area contributed by atoms with Crippen molar-refractivity contribution >= 4 is 15.9 Å². The summed E-state index contributed by atoms with van der Waals surface area (Å²) in [4.78, 5) is 4.84. The van der Waals surface area contributed by atoms with E-state index in [0.29, 0.717) is 0 Å². The molecule has 68 valence electrons. The average molecular weight is 234 g/mol. The molecule has 12 heavy (non-hydrogen) atoms. The summed E-state index contributed by atoms with van der Waals surface area (Å²) in [5, 5.41) is 4.12. The van der Waals surface area contributed by atoms with Gasteiger partial charge in [0.05, 0.1) is 5.69 Å². The quantitative estimate of drug-likeness (QED) is 0.785. The van der Waals surface area contributed by atoms with Crippen LogP contribution in [0, 0.1) is 0 Å². The minimum atomic E-state index is -0.506. The lowest BCUT2D eigenvalue weighted by molar-refractivity contribution is -0.0294. The maximum absolute atomic E-state index is 5.16. The van der Waals surface area contributed by atoms with Crippen molar-refractivity contribution < 1.29 is 4.84 Å². The van der Waals surface area contributed by atoms with E-state index in [1.54, 1.807) is 4.68 Å². The summed E-state index contributed by atoms with van der Waals surface area (Å²) in [5.74, 6) is 5.16. The van der Waals surface area contributed by atoms with Gasteiger partial charge < -0.3 is 0 Å². The van der Waals surface area contributed by atoms with Crippen molar-refractivity contribution in [3.63, 3.8) is 0 Å². The van der Waals surface area contributed by atoms with Crippen LogP contribution in [0.2, 0.25) is 0 Å². The second-order valence-corrected chi connectivity index (χ2v) is 3.92. The zero-order valence-electron chi connectivity index (χ0n) is 7.34. The van der Waals surface area contributed by atoms with Gasteiger partial charge in [0.1, 0.15) is 10.2 Å². The van der Waals surface area contributed by atoms with Crippen molar-refractivity contribution in [2.75, 3.05) is 0 Å². The van der Waals surface area contributed by atoms with Crippen LogP contribution in [-0.4, -0.2) is 9.78 Å². The molecule has 0 unspecified atom stereocenters. The average Bonchev–Trinajstić information content (AvgIpc) is 2.31. The molecular weight excluding hydrogens is 222 g/mol. The van der Waals surface area contributed by atoms with Crippen molar-refractivity contribution in [2.45, 2.75) is 19.4 Å². The molecule has 1 aromatic heterocycles.